The number of aliphatic hydroxyl groups is 1. The quantitative estimate of drug-likeness (QED) is 0.541. The van der Waals surface area contributed by atoms with Crippen LogP contribution in [0.1, 0.15) is 22.2 Å². The van der Waals surface area contributed by atoms with E-state index >= 15 is 0 Å². The van der Waals surface area contributed by atoms with Crippen LogP contribution in [0.2, 0.25) is 0 Å². The van der Waals surface area contributed by atoms with Crippen LogP contribution in [-0.2, 0) is 5.60 Å². The first-order valence-electron chi connectivity index (χ1n) is 7.61. The molecule has 1 heterocycles. The van der Waals surface area contributed by atoms with Crippen LogP contribution in [0.25, 0.3) is 10.1 Å². The van der Waals surface area contributed by atoms with Crippen LogP contribution in [-0.4, -0.2) is 22.5 Å². The van der Waals surface area contributed by atoms with Crippen LogP contribution < -0.4 is 5.32 Å². The summed E-state index contributed by atoms with van der Waals surface area (Å²) in [6.45, 7) is 1.63. The number of thiophene rings is 1. The lowest BCUT2D eigenvalue weighted by molar-refractivity contribution is -0.384. The molecule has 0 aliphatic heterocycles. The summed E-state index contributed by atoms with van der Waals surface area (Å²) in [5, 5.41) is 25.2. The molecular weight excluding hydrogens is 340 g/mol. The lowest BCUT2D eigenvalue weighted by Crippen LogP contribution is -2.38. The molecule has 0 bridgehead atoms. The third kappa shape index (κ3) is 3.67. The van der Waals surface area contributed by atoms with Crippen LogP contribution in [0, 0.1) is 10.1 Å². The Morgan fingerprint density at radius 3 is 2.72 bits per heavy atom. The average molecular weight is 356 g/mol. The normalized spacial score (nSPS) is 13.4. The summed E-state index contributed by atoms with van der Waals surface area (Å²) in [6, 6.07) is 15.2. The first-order chi connectivity index (χ1) is 11.9. The molecule has 1 atom stereocenters. The second kappa shape index (κ2) is 6.62. The van der Waals surface area contributed by atoms with Gasteiger partial charge in [-0.25, -0.2) is 0 Å². The van der Waals surface area contributed by atoms with E-state index in [4.69, 9.17) is 0 Å². The van der Waals surface area contributed by atoms with E-state index in [0.717, 1.165) is 15.0 Å². The number of non-ortho nitro benzene ring substituents is 1. The van der Waals surface area contributed by atoms with Crippen molar-refractivity contribution in [2.75, 3.05) is 6.54 Å². The Bertz CT molecular complexity index is 916. The van der Waals surface area contributed by atoms with E-state index in [1.807, 2.05) is 30.3 Å². The molecule has 6 nitrogen and oxygen atoms in total. The van der Waals surface area contributed by atoms with Gasteiger partial charge in [-0.05, 0) is 30.5 Å². The van der Waals surface area contributed by atoms with E-state index in [9.17, 15) is 20.0 Å². The molecule has 128 valence electrons. The molecule has 25 heavy (non-hydrogen) atoms. The number of hydrogen-bond acceptors (Lipinski definition) is 5. The van der Waals surface area contributed by atoms with Crippen LogP contribution >= 0.6 is 11.3 Å². The fraction of sp³-hybridized carbons (Fsp3) is 0.167. The second-order valence-electron chi connectivity index (χ2n) is 5.91. The SMILES string of the molecule is CC(O)(CNC(=O)c1cccc([N+](=O)[O-])c1)c1cc2ccccc2s1. The first kappa shape index (κ1) is 17.1. The van der Waals surface area contributed by atoms with Crippen molar-refractivity contribution in [3.05, 3.63) is 75.2 Å². The standard InChI is InChI=1S/C18H16N2O4S/c1-18(22,16-10-12-5-2-3-8-15(12)25-16)11-19-17(21)13-6-4-7-14(9-13)20(23)24/h2-10,22H,11H2,1H3,(H,19,21). The fourth-order valence-electron chi connectivity index (χ4n) is 2.45. The molecule has 0 saturated carbocycles. The Hall–Kier alpha value is -2.77. The Morgan fingerprint density at radius 1 is 1.24 bits per heavy atom. The smallest absolute Gasteiger partial charge is 0.270 e. The maximum atomic E-state index is 12.2. The molecule has 0 aliphatic rings. The molecule has 1 aromatic heterocycles. The minimum atomic E-state index is -1.24. The third-order valence-electron chi connectivity index (χ3n) is 3.87. The van der Waals surface area contributed by atoms with Gasteiger partial charge < -0.3 is 10.4 Å². The van der Waals surface area contributed by atoms with E-state index in [0.29, 0.717) is 0 Å². The Balaban J connectivity index is 1.74. The average Bonchev–Trinajstić information content (AvgIpc) is 3.05. The summed E-state index contributed by atoms with van der Waals surface area (Å²) in [6.07, 6.45) is 0. The lowest BCUT2D eigenvalue weighted by atomic mass is 10.0. The predicted molar refractivity (Wildman–Crippen MR) is 96.8 cm³/mol. The van der Waals surface area contributed by atoms with Crippen molar-refractivity contribution in [3.63, 3.8) is 0 Å². The molecular formula is C18H16N2O4S. The lowest BCUT2D eigenvalue weighted by Gasteiger charge is -2.22. The van der Waals surface area contributed by atoms with Crippen molar-refractivity contribution in [1.82, 2.24) is 5.32 Å². The van der Waals surface area contributed by atoms with E-state index in [1.54, 1.807) is 6.92 Å². The van der Waals surface area contributed by atoms with E-state index in [-0.39, 0.29) is 17.8 Å². The molecule has 0 spiro atoms. The number of carbonyl (C=O) groups is 1. The molecule has 0 fully saturated rings. The molecule has 2 N–H and O–H groups in total. The molecule has 1 amide bonds. The highest BCUT2D eigenvalue weighted by atomic mass is 32.1. The molecule has 0 radical (unpaired) electrons. The number of nitro benzene ring substituents is 1. The van der Waals surface area contributed by atoms with Gasteiger partial charge in [-0.3, -0.25) is 14.9 Å². The van der Waals surface area contributed by atoms with E-state index < -0.39 is 16.4 Å². The van der Waals surface area contributed by atoms with Crippen molar-refractivity contribution in [3.8, 4) is 0 Å². The Kier molecular flexibility index (Phi) is 4.52. The van der Waals surface area contributed by atoms with Gasteiger partial charge in [-0.15, -0.1) is 11.3 Å². The highest BCUT2D eigenvalue weighted by Gasteiger charge is 2.26. The topological polar surface area (TPSA) is 92.5 Å². The maximum absolute atomic E-state index is 12.2. The number of nitrogens with one attached hydrogen (secondary N) is 1. The minimum absolute atomic E-state index is 0.00134. The Labute approximate surface area is 147 Å². The maximum Gasteiger partial charge on any atom is 0.270 e. The van der Waals surface area contributed by atoms with Gasteiger partial charge >= 0.3 is 0 Å². The fourth-order valence-corrected chi connectivity index (χ4v) is 3.56. The summed E-state index contributed by atoms with van der Waals surface area (Å²) in [4.78, 5) is 23.2. The zero-order valence-corrected chi connectivity index (χ0v) is 14.2. The number of fused-ring (bicyclic) bond motifs is 1. The first-order valence-corrected chi connectivity index (χ1v) is 8.42. The predicted octanol–water partition coefficient (Wildman–Crippen LogP) is 3.45. The van der Waals surface area contributed by atoms with E-state index in [1.165, 1.54) is 35.6 Å². The van der Waals surface area contributed by atoms with Crippen molar-refractivity contribution in [2.24, 2.45) is 0 Å². The van der Waals surface area contributed by atoms with Crippen molar-refractivity contribution in [2.45, 2.75) is 12.5 Å². The highest BCUT2D eigenvalue weighted by Crippen LogP contribution is 2.32. The van der Waals surface area contributed by atoms with E-state index in [2.05, 4.69) is 5.32 Å². The van der Waals surface area contributed by atoms with Gasteiger partial charge in [0.2, 0.25) is 0 Å². The largest absolute Gasteiger partial charge is 0.383 e. The summed E-state index contributed by atoms with van der Waals surface area (Å²) >= 11 is 1.47. The third-order valence-corrected chi connectivity index (χ3v) is 5.24. The second-order valence-corrected chi connectivity index (χ2v) is 7.00. The van der Waals surface area contributed by atoms with Gasteiger partial charge in [0, 0.05) is 27.3 Å². The molecule has 1 unspecified atom stereocenters. The zero-order valence-electron chi connectivity index (χ0n) is 13.4. The summed E-state index contributed by atoms with van der Waals surface area (Å²) in [5.74, 6) is -0.468. The summed E-state index contributed by atoms with van der Waals surface area (Å²) < 4.78 is 1.06. The number of rotatable bonds is 5. The van der Waals surface area contributed by atoms with Gasteiger partial charge in [0.05, 0.1) is 11.5 Å². The van der Waals surface area contributed by atoms with Crippen molar-refractivity contribution < 1.29 is 14.8 Å². The zero-order chi connectivity index (χ0) is 18.0. The number of amides is 1. The summed E-state index contributed by atoms with van der Waals surface area (Å²) in [5.41, 5.74) is -1.20. The highest BCUT2D eigenvalue weighted by molar-refractivity contribution is 7.19. The van der Waals surface area contributed by atoms with Gasteiger partial charge in [-0.2, -0.15) is 0 Å². The number of carbonyl (C=O) groups excluding carboxylic acids is 1. The van der Waals surface area contributed by atoms with Crippen LogP contribution in [0.4, 0.5) is 5.69 Å². The molecule has 0 aliphatic carbocycles. The van der Waals surface area contributed by atoms with Crippen LogP contribution in [0.3, 0.4) is 0 Å². The van der Waals surface area contributed by atoms with Gasteiger partial charge in [0.1, 0.15) is 5.60 Å². The van der Waals surface area contributed by atoms with Gasteiger partial charge in [0.15, 0.2) is 0 Å². The minimum Gasteiger partial charge on any atom is -0.383 e. The number of hydrogen-bond donors (Lipinski definition) is 2. The number of nitro groups is 1. The van der Waals surface area contributed by atoms with Crippen molar-refractivity contribution >= 4 is 33.0 Å². The monoisotopic (exact) mass is 356 g/mol. The molecule has 0 saturated heterocycles. The van der Waals surface area contributed by atoms with Crippen LogP contribution in [0.15, 0.2) is 54.6 Å². The molecule has 3 aromatic rings. The number of nitrogens with zero attached hydrogens (tertiary/aromatic N) is 1. The molecule has 7 heteroatoms. The number of benzene rings is 2. The molecule has 2 aromatic carbocycles. The Morgan fingerprint density at radius 2 is 2.00 bits per heavy atom. The van der Waals surface area contributed by atoms with Crippen LogP contribution in [0.5, 0.6) is 0 Å². The van der Waals surface area contributed by atoms with Crippen molar-refractivity contribution in [1.29, 1.82) is 0 Å². The summed E-state index contributed by atoms with van der Waals surface area (Å²) in [7, 11) is 0. The van der Waals surface area contributed by atoms with Gasteiger partial charge in [-0.1, -0.05) is 24.3 Å². The van der Waals surface area contributed by atoms with Gasteiger partial charge in [0.25, 0.3) is 11.6 Å². The molecule has 3 rings (SSSR count).